The standard InChI is InChI=1S/C16H17N5/c1-19-16(11-18)8-6-12(10-16)21-14-5-3-2-4-13(14)20-15(21)7-9-17/h2-5,12,19H,6-8,10H2,1H3. The van der Waals surface area contributed by atoms with Gasteiger partial charge in [0.1, 0.15) is 11.4 Å². The smallest absolute Gasteiger partial charge is 0.124 e. The number of nitrogens with zero attached hydrogens (tertiary/aromatic N) is 4. The van der Waals surface area contributed by atoms with Crippen molar-refractivity contribution in [3.05, 3.63) is 30.1 Å². The molecular weight excluding hydrogens is 262 g/mol. The van der Waals surface area contributed by atoms with Crippen LogP contribution in [-0.4, -0.2) is 22.1 Å². The number of para-hydroxylation sites is 2. The van der Waals surface area contributed by atoms with Crippen molar-refractivity contribution in [3.8, 4) is 12.1 Å². The van der Waals surface area contributed by atoms with E-state index in [1.54, 1.807) is 0 Å². The summed E-state index contributed by atoms with van der Waals surface area (Å²) < 4.78 is 2.16. The molecule has 0 amide bonds. The Labute approximate surface area is 123 Å². The molecule has 0 aliphatic heterocycles. The van der Waals surface area contributed by atoms with E-state index in [4.69, 9.17) is 5.26 Å². The van der Waals surface area contributed by atoms with Crippen molar-refractivity contribution in [3.63, 3.8) is 0 Å². The first-order valence-corrected chi connectivity index (χ1v) is 7.16. The highest BCUT2D eigenvalue weighted by Crippen LogP contribution is 2.39. The lowest BCUT2D eigenvalue weighted by molar-refractivity contribution is 0.429. The van der Waals surface area contributed by atoms with Gasteiger partial charge in [-0.15, -0.1) is 0 Å². The number of hydrogen-bond acceptors (Lipinski definition) is 4. The summed E-state index contributed by atoms with van der Waals surface area (Å²) in [6.45, 7) is 0. The number of rotatable bonds is 3. The van der Waals surface area contributed by atoms with Crippen LogP contribution >= 0.6 is 0 Å². The van der Waals surface area contributed by atoms with Gasteiger partial charge >= 0.3 is 0 Å². The number of nitrogens with one attached hydrogen (secondary N) is 1. The third-order valence-electron chi connectivity index (χ3n) is 4.45. The summed E-state index contributed by atoms with van der Waals surface area (Å²) in [6.07, 6.45) is 2.79. The predicted octanol–water partition coefficient (Wildman–Crippen LogP) is 2.31. The second-order valence-electron chi connectivity index (χ2n) is 5.56. The third kappa shape index (κ3) is 2.16. The molecule has 1 aliphatic rings. The van der Waals surface area contributed by atoms with Crippen molar-refractivity contribution < 1.29 is 0 Å². The summed E-state index contributed by atoms with van der Waals surface area (Å²) in [5.41, 5.74) is 1.51. The largest absolute Gasteiger partial charge is 0.324 e. The number of imidazole rings is 1. The van der Waals surface area contributed by atoms with Crippen molar-refractivity contribution in [1.82, 2.24) is 14.9 Å². The molecule has 1 aromatic heterocycles. The average Bonchev–Trinajstić information content (AvgIpc) is 3.09. The zero-order valence-electron chi connectivity index (χ0n) is 12.0. The molecule has 5 heteroatoms. The highest BCUT2D eigenvalue weighted by molar-refractivity contribution is 5.76. The van der Waals surface area contributed by atoms with Gasteiger partial charge in [-0.2, -0.15) is 10.5 Å². The van der Waals surface area contributed by atoms with E-state index in [0.717, 1.165) is 36.1 Å². The first kappa shape index (κ1) is 13.6. The summed E-state index contributed by atoms with van der Waals surface area (Å²) in [5.74, 6) is 0.800. The molecule has 106 valence electrons. The van der Waals surface area contributed by atoms with E-state index in [1.807, 2.05) is 31.3 Å². The average molecular weight is 279 g/mol. The second-order valence-corrected chi connectivity index (χ2v) is 5.56. The summed E-state index contributed by atoms with van der Waals surface area (Å²) in [6, 6.07) is 12.8. The van der Waals surface area contributed by atoms with Gasteiger partial charge in [-0.05, 0) is 38.4 Å². The third-order valence-corrected chi connectivity index (χ3v) is 4.45. The topological polar surface area (TPSA) is 77.4 Å². The molecule has 21 heavy (non-hydrogen) atoms. The molecule has 2 atom stereocenters. The molecule has 2 unspecified atom stereocenters. The maximum absolute atomic E-state index is 9.43. The van der Waals surface area contributed by atoms with Crippen LogP contribution in [0.15, 0.2) is 24.3 Å². The van der Waals surface area contributed by atoms with E-state index in [0.29, 0.717) is 6.42 Å². The number of aromatic nitrogens is 2. The lowest BCUT2D eigenvalue weighted by Gasteiger charge is -2.21. The SMILES string of the molecule is CNC1(C#N)CCC(n2c(CC#N)nc3ccccc32)C1. The van der Waals surface area contributed by atoms with Crippen LogP contribution in [0.5, 0.6) is 0 Å². The van der Waals surface area contributed by atoms with E-state index in [1.165, 1.54) is 0 Å². The van der Waals surface area contributed by atoms with Gasteiger partial charge in [0.15, 0.2) is 0 Å². The first-order valence-electron chi connectivity index (χ1n) is 7.16. The minimum atomic E-state index is -0.458. The van der Waals surface area contributed by atoms with Crippen LogP contribution in [-0.2, 0) is 6.42 Å². The Bertz CT molecular complexity index is 748. The molecule has 1 N–H and O–H groups in total. The van der Waals surface area contributed by atoms with Crippen molar-refractivity contribution in [2.75, 3.05) is 7.05 Å². The van der Waals surface area contributed by atoms with Gasteiger partial charge in [0.25, 0.3) is 0 Å². The fourth-order valence-electron chi connectivity index (χ4n) is 3.32. The normalized spacial score (nSPS) is 24.8. The molecule has 1 aliphatic carbocycles. The van der Waals surface area contributed by atoms with Crippen LogP contribution in [0.25, 0.3) is 11.0 Å². The van der Waals surface area contributed by atoms with Crippen LogP contribution in [0.4, 0.5) is 0 Å². The van der Waals surface area contributed by atoms with E-state index in [9.17, 15) is 5.26 Å². The molecule has 3 rings (SSSR count). The van der Waals surface area contributed by atoms with Gasteiger partial charge in [-0.25, -0.2) is 4.98 Å². The fourth-order valence-corrected chi connectivity index (χ4v) is 3.32. The number of fused-ring (bicyclic) bond motifs is 1. The maximum atomic E-state index is 9.43. The van der Waals surface area contributed by atoms with E-state index < -0.39 is 5.54 Å². The van der Waals surface area contributed by atoms with Crippen molar-refractivity contribution in [2.24, 2.45) is 0 Å². The molecule has 1 fully saturated rings. The molecule has 0 radical (unpaired) electrons. The molecule has 2 aromatic rings. The Hall–Kier alpha value is -2.37. The molecule has 1 heterocycles. The Balaban J connectivity index is 2.06. The Morgan fingerprint density at radius 3 is 2.90 bits per heavy atom. The van der Waals surface area contributed by atoms with Crippen LogP contribution in [0.3, 0.4) is 0 Å². The minimum absolute atomic E-state index is 0.216. The van der Waals surface area contributed by atoms with Crippen molar-refractivity contribution >= 4 is 11.0 Å². The Morgan fingerprint density at radius 2 is 2.24 bits per heavy atom. The molecule has 0 bridgehead atoms. The van der Waals surface area contributed by atoms with Gasteiger partial charge in [0, 0.05) is 6.04 Å². The summed E-state index contributed by atoms with van der Waals surface area (Å²) in [4.78, 5) is 4.58. The van der Waals surface area contributed by atoms with Crippen LogP contribution in [0.1, 0.15) is 31.1 Å². The quantitative estimate of drug-likeness (QED) is 0.935. The van der Waals surface area contributed by atoms with Gasteiger partial charge in [-0.3, -0.25) is 0 Å². The van der Waals surface area contributed by atoms with Gasteiger partial charge in [-0.1, -0.05) is 12.1 Å². The summed E-state index contributed by atoms with van der Waals surface area (Å²) >= 11 is 0. The van der Waals surface area contributed by atoms with Gasteiger partial charge in [0.2, 0.25) is 0 Å². The van der Waals surface area contributed by atoms with Crippen LogP contribution < -0.4 is 5.32 Å². The Morgan fingerprint density at radius 1 is 1.43 bits per heavy atom. The van der Waals surface area contributed by atoms with Gasteiger partial charge in [0.05, 0.1) is 29.6 Å². The predicted molar refractivity (Wildman–Crippen MR) is 79.3 cm³/mol. The molecule has 1 aromatic carbocycles. The monoisotopic (exact) mass is 279 g/mol. The molecule has 5 nitrogen and oxygen atoms in total. The lowest BCUT2D eigenvalue weighted by Crippen LogP contribution is -2.38. The number of benzene rings is 1. The number of nitriles is 2. The van der Waals surface area contributed by atoms with Crippen molar-refractivity contribution in [1.29, 1.82) is 10.5 Å². The Kier molecular flexibility index (Phi) is 3.37. The van der Waals surface area contributed by atoms with Crippen LogP contribution in [0, 0.1) is 22.7 Å². The molecule has 1 saturated carbocycles. The zero-order valence-corrected chi connectivity index (χ0v) is 12.0. The first-order chi connectivity index (χ1) is 10.2. The molecular formula is C16H17N5. The summed E-state index contributed by atoms with van der Waals surface area (Å²) in [7, 11) is 1.84. The summed E-state index contributed by atoms with van der Waals surface area (Å²) in [5, 5.41) is 21.6. The lowest BCUT2D eigenvalue weighted by atomic mass is 10.00. The molecule has 0 saturated heterocycles. The highest BCUT2D eigenvalue weighted by atomic mass is 15.1. The highest BCUT2D eigenvalue weighted by Gasteiger charge is 2.40. The zero-order chi connectivity index (χ0) is 14.9. The minimum Gasteiger partial charge on any atom is -0.324 e. The fraction of sp³-hybridized carbons (Fsp3) is 0.438. The van der Waals surface area contributed by atoms with Crippen molar-refractivity contribution in [2.45, 2.75) is 37.3 Å². The van der Waals surface area contributed by atoms with E-state index in [2.05, 4.69) is 27.0 Å². The number of hydrogen-bond donors (Lipinski definition) is 1. The van der Waals surface area contributed by atoms with Gasteiger partial charge < -0.3 is 9.88 Å². The van der Waals surface area contributed by atoms with E-state index in [-0.39, 0.29) is 6.04 Å². The van der Waals surface area contributed by atoms with E-state index >= 15 is 0 Å². The second kappa shape index (κ2) is 5.20. The molecule has 0 spiro atoms. The van der Waals surface area contributed by atoms with Crippen LogP contribution in [0.2, 0.25) is 0 Å². The maximum Gasteiger partial charge on any atom is 0.124 e.